The molecule has 0 aromatic heterocycles. The number of aliphatic imine (C=N–C) groups is 2. The number of nitrogens with zero attached hydrogens (tertiary/aromatic N) is 2. The summed E-state index contributed by atoms with van der Waals surface area (Å²) in [5.74, 6) is -0.569. The molecule has 0 aliphatic carbocycles. The minimum absolute atomic E-state index is 0.217. The van der Waals surface area contributed by atoms with Crippen molar-refractivity contribution in [3.05, 3.63) is 0 Å². The molecule has 8 nitrogen and oxygen atoms in total. The average molecular weight is 396 g/mol. The van der Waals surface area contributed by atoms with Crippen LogP contribution in [0.2, 0.25) is 0 Å². The molecule has 0 saturated carbocycles. The van der Waals surface area contributed by atoms with E-state index in [1.54, 1.807) is 0 Å². The molecule has 28 heavy (non-hydrogen) atoms. The minimum Gasteiger partial charge on any atom is -0.464 e. The lowest BCUT2D eigenvalue weighted by Crippen LogP contribution is -2.24. The summed E-state index contributed by atoms with van der Waals surface area (Å²) in [6.07, 6.45) is 6.69. The highest BCUT2D eigenvalue weighted by Gasteiger charge is 2.21. The van der Waals surface area contributed by atoms with E-state index in [0.717, 1.165) is 12.8 Å². The lowest BCUT2D eigenvalue weighted by Gasteiger charge is -2.13. The van der Waals surface area contributed by atoms with E-state index in [1.807, 2.05) is 27.7 Å². The Morgan fingerprint density at radius 2 is 1.07 bits per heavy atom. The third-order valence-electron chi connectivity index (χ3n) is 3.88. The van der Waals surface area contributed by atoms with Crippen LogP contribution in [-0.2, 0) is 28.7 Å². The quantitative estimate of drug-likeness (QED) is 0.182. The van der Waals surface area contributed by atoms with E-state index in [-0.39, 0.29) is 25.0 Å². The predicted octanol–water partition coefficient (Wildman–Crippen LogP) is 3.13. The largest absolute Gasteiger partial charge is 0.464 e. The first-order valence-electron chi connectivity index (χ1n) is 9.79. The van der Waals surface area contributed by atoms with Gasteiger partial charge in [-0.3, -0.25) is 0 Å². The van der Waals surface area contributed by atoms with Crippen molar-refractivity contribution in [2.45, 2.75) is 78.3 Å². The number of hydrogen-bond acceptors (Lipinski definition) is 8. The van der Waals surface area contributed by atoms with Gasteiger partial charge >= 0.3 is 11.9 Å². The molecule has 0 spiro atoms. The Kier molecular flexibility index (Phi) is 14.4. The van der Waals surface area contributed by atoms with E-state index in [2.05, 4.69) is 9.98 Å². The molecule has 0 saturated heterocycles. The van der Waals surface area contributed by atoms with Crippen molar-refractivity contribution in [3.63, 3.8) is 0 Å². The highest BCUT2D eigenvalue weighted by atomic mass is 16.5. The summed E-state index contributed by atoms with van der Waals surface area (Å²) in [5.41, 5.74) is 0. The monoisotopic (exact) mass is 396 g/mol. The summed E-state index contributed by atoms with van der Waals surface area (Å²) in [4.78, 5) is 51.6. The van der Waals surface area contributed by atoms with Crippen LogP contribution in [0.1, 0.15) is 66.2 Å². The molecule has 8 heteroatoms. The summed E-state index contributed by atoms with van der Waals surface area (Å²) >= 11 is 0. The van der Waals surface area contributed by atoms with Gasteiger partial charge in [0, 0.05) is 0 Å². The lowest BCUT2D eigenvalue weighted by atomic mass is 10.0. The van der Waals surface area contributed by atoms with Crippen molar-refractivity contribution in [1.29, 1.82) is 0 Å². The van der Waals surface area contributed by atoms with Crippen LogP contribution in [0.15, 0.2) is 9.98 Å². The van der Waals surface area contributed by atoms with Gasteiger partial charge in [0.15, 0.2) is 12.1 Å². The third kappa shape index (κ3) is 13.0. The second-order valence-electron chi connectivity index (χ2n) is 7.48. The highest BCUT2D eigenvalue weighted by molar-refractivity contribution is 5.77. The van der Waals surface area contributed by atoms with Gasteiger partial charge in [-0.05, 0) is 50.4 Å². The van der Waals surface area contributed by atoms with Gasteiger partial charge in [0.05, 0.1) is 13.2 Å². The number of ether oxygens (including phenoxy) is 2. The van der Waals surface area contributed by atoms with Crippen LogP contribution in [0.5, 0.6) is 0 Å². The fraction of sp³-hybridized carbons (Fsp3) is 0.800. The molecule has 0 heterocycles. The normalized spacial score (nSPS) is 12.6. The number of carbonyl (C=O) groups is 2. The van der Waals surface area contributed by atoms with Crippen LogP contribution in [-0.4, -0.2) is 49.4 Å². The Morgan fingerprint density at radius 1 is 0.714 bits per heavy atom. The maximum Gasteiger partial charge on any atom is 0.331 e. The van der Waals surface area contributed by atoms with Crippen LogP contribution in [0.25, 0.3) is 0 Å². The van der Waals surface area contributed by atoms with Gasteiger partial charge in [0.1, 0.15) is 0 Å². The maximum atomic E-state index is 11.9. The molecule has 0 rings (SSSR count). The van der Waals surface area contributed by atoms with Gasteiger partial charge in [-0.15, -0.1) is 0 Å². The summed E-state index contributed by atoms with van der Waals surface area (Å²) in [6, 6.07) is -1.57. The maximum absolute atomic E-state index is 11.9. The van der Waals surface area contributed by atoms with Gasteiger partial charge in [-0.25, -0.2) is 19.2 Å². The zero-order valence-electron chi connectivity index (χ0n) is 17.3. The topological polar surface area (TPSA) is 111 Å². The molecular weight excluding hydrogens is 364 g/mol. The molecule has 2 atom stereocenters. The summed E-state index contributed by atoms with van der Waals surface area (Å²) in [7, 11) is 0. The second-order valence-corrected chi connectivity index (χ2v) is 7.48. The molecule has 0 fully saturated rings. The number of rotatable bonds is 15. The number of carbonyl (C=O) groups excluding carboxylic acids is 4. The van der Waals surface area contributed by atoms with E-state index >= 15 is 0 Å². The van der Waals surface area contributed by atoms with Crippen molar-refractivity contribution < 1.29 is 28.7 Å². The molecule has 0 bridgehead atoms. The summed E-state index contributed by atoms with van der Waals surface area (Å²) < 4.78 is 10.3. The van der Waals surface area contributed by atoms with E-state index < -0.39 is 24.0 Å². The van der Waals surface area contributed by atoms with Crippen LogP contribution >= 0.6 is 0 Å². The zero-order valence-corrected chi connectivity index (χ0v) is 17.3. The fourth-order valence-electron chi connectivity index (χ4n) is 2.52. The summed E-state index contributed by atoms with van der Waals surface area (Å²) in [6.45, 7) is 8.25. The van der Waals surface area contributed by atoms with Crippen molar-refractivity contribution in [1.82, 2.24) is 0 Å². The van der Waals surface area contributed by atoms with Crippen LogP contribution in [0.4, 0.5) is 0 Å². The van der Waals surface area contributed by atoms with Gasteiger partial charge < -0.3 is 9.47 Å². The third-order valence-corrected chi connectivity index (χ3v) is 3.88. The smallest absolute Gasteiger partial charge is 0.331 e. The summed E-state index contributed by atoms with van der Waals surface area (Å²) in [5, 5.41) is 0. The molecule has 0 aromatic carbocycles. The Morgan fingerprint density at radius 3 is 1.36 bits per heavy atom. The number of hydrogen-bond donors (Lipinski definition) is 0. The lowest BCUT2D eigenvalue weighted by molar-refractivity contribution is -0.146. The van der Waals surface area contributed by atoms with Gasteiger partial charge in [-0.1, -0.05) is 27.7 Å². The number of esters is 2. The average Bonchev–Trinajstić information content (AvgIpc) is 2.62. The molecule has 0 radical (unpaired) electrons. The molecular formula is C20H32N2O6. The Hall–Kier alpha value is -2.30. The van der Waals surface area contributed by atoms with Crippen molar-refractivity contribution in [2.75, 3.05) is 13.2 Å². The van der Waals surface area contributed by atoms with E-state index in [9.17, 15) is 19.2 Å². The molecule has 158 valence electrons. The Labute approximate surface area is 166 Å². The Balaban J connectivity index is 3.94. The zero-order chi connectivity index (χ0) is 21.4. The SMILES string of the molecule is CC(C)CC(N=C=O)C(=O)OCCCCCCOC(=O)C(CC(C)C)N=C=O. The van der Waals surface area contributed by atoms with E-state index in [4.69, 9.17) is 9.47 Å². The standard InChI is InChI=1S/C20H32N2O6/c1-15(2)11-17(21-13-23)19(25)27-9-7-5-6-8-10-28-20(26)18(22-14-24)12-16(3)4/h15-18H,5-12H2,1-4H3. The first-order valence-corrected chi connectivity index (χ1v) is 9.79. The molecule has 0 aliphatic heterocycles. The first-order chi connectivity index (χ1) is 13.3. The molecule has 0 aliphatic rings. The molecule has 0 aromatic rings. The fourth-order valence-corrected chi connectivity index (χ4v) is 2.52. The van der Waals surface area contributed by atoms with Gasteiger partial charge in [0.2, 0.25) is 12.2 Å². The van der Waals surface area contributed by atoms with Crippen molar-refractivity contribution >= 4 is 24.1 Å². The molecule has 0 amide bonds. The van der Waals surface area contributed by atoms with Crippen LogP contribution in [0.3, 0.4) is 0 Å². The number of isocyanates is 2. The van der Waals surface area contributed by atoms with Crippen LogP contribution < -0.4 is 0 Å². The second kappa shape index (κ2) is 15.7. The van der Waals surface area contributed by atoms with Gasteiger partial charge in [0.25, 0.3) is 0 Å². The Bertz CT molecular complexity index is 513. The first kappa shape index (κ1) is 25.7. The van der Waals surface area contributed by atoms with Gasteiger partial charge in [-0.2, -0.15) is 9.98 Å². The highest BCUT2D eigenvalue weighted by Crippen LogP contribution is 2.11. The van der Waals surface area contributed by atoms with E-state index in [1.165, 1.54) is 12.2 Å². The predicted molar refractivity (Wildman–Crippen MR) is 103 cm³/mol. The molecule has 2 unspecified atom stereocenters. The van der Waals surface area contributed by atoms with Crippen molar-refractivity contribution in [2.24, 2.45) is 21.8 Å². The molecule has 0 N–H and O–H groups in total. The van der Waals surface area contributed by atoms with Crippen molar-refractivity contribution in [3.8, 4) is 0 Å². The van der Waals surface area contributed by atoms with E-state index in [0.29, 0.717) is 25.7 Å². The number of unbranched alkanes of at least 4 members (excludes halogenated alkanes) is 3. The van der Waals surface area contributed by atoms with Crippen LogP contribution in [0, 0.1) is 11.8 Å². The minimum atomic E-state index is -0.787.